The number of carbonyl (C=O) groups excluding carboxylic acids is 2. The molecule has 0 bridgehead atoms. The van der Waals surface area contributed by atoms with Gasteiger partial charge in [-0.1, -0.05) is 46.8 Å². The summed E-state index contributed by atoms with van der Waals surface area (Å²) in [5.41, 5.74) is 0.781. The molecule has 1 aromatic carbocycles. The first-order valence-electron chi connectivity index (χ1n) is 8.44. The third kappa shape index (κ3) is 4.07. The van der Waals surface area contributed by atoms with Crippen LogP contribution in [0.15, 0.2) is 34.1 Å². The normalized spacial score (nSPS) is 21.4. The van der Waals surface area contributed by atoms with Crippen LogP contribution in [0.5, 0.6) is 0 Å². The maximum atomic E-state index is 12.8. The van der Waals surface area contributed by atoms with E-state index in [9.17, 15) is 14.4 Å². The molecule has 144 valence electrons. The molecule has 2 aromatic rings. The van der Waals surface area contributed by atoms with Crippen LogP contribution in [-0.4, -0.2) is 35.4 Å². The van der Waals surface area contributed by atoms with Gasteiger partial charge >= 0.3 is 16.8 Å². The molecule has 1 N–H and O–H groups in total. The van der Waals surface area contributed by atoms with Crippen LogP contribution in [0.1, 0.15) is 30.2 Å². The van der Waals surface area contributed by atoms with E-state index in [0.29, 0.717) is 14.9 Å². The molecule has 2 heterocycles. The number of benzene rings is 1. The summed E-state index contributed by atoms with van der Waals surface area (Å²) in [6.45, 7) is 3.81. The largest absolute Gasteiger partial charge is 0.466 e. The number of halogens is 1. The third-order valence-corrected chi connectivity index (χ3v) is 6.81. The van der Waals surface area contributed by atoms with Crippen LogP contribution in [0.25, 0.3) is 0 Å². The van der Waals surface area contributed by atoms with E-state index in [2.05, 4.69) is 4.98 Å². The number of thiazole rings is 1. The van der Waals surface area contributed by atoms with Gasteiger partial charge in [0.1, 0.15) is 5.25 Å². The highest BCUT2D eigenvalue weighted by Gasteiger charge is 2.49. The summed E-state index contributed by atoms with van der Waals surface area (Å²) < 4.78 is 10.5. The van der Waals surface area contributed by atoms with Crippen molar-refractivity contribution in [2.24, 2.45) is 5.92 Å². The van der Waals surface area contributed by atoms with E-state index in [-0.39, 0.29) is 18.1 Å². The Balaban J connectivity index is 2.15. The van der Waals surface area contributed by atoms with E-state index >= 15 is 0 Å². The van der Waals surface area contributed by atoms with Gasteiger partial charge in [-0.15, -0.1) is 0 Å². The maximum absolute atomic E-state index is 12.8. The van der Waals surface area contributed by atoms with Gasteiger partial charge in [0.15, 0.2) is 0 Å². The second-order valence-electron chi connectivity index (χ2n) is 5.81. The van der Waals surface area contributed by atoms with Crippen molar-refractivity contribution in [1.82, 2.24) is 4.98 Å². The van der Waals surface area contributed by atoms with Gasteiger partial charge in [-0.3, -0.25) is 14.4 Å². The van der Waals surface area contributed by atoms with Crippen molar-refractivity contribution in [3.05, 3.63) is 49.4 Å². The lowest BCUT2D eigenvalue weighted by Gasteiger charge is -2.34. The van der Waals surface area contributed by atoms with Crippen LogP contribution >= 0.6 is 34.7 Å². The Morgan fingerprint density at radius 3 is 2.37 bits per heavy atom. The summed E-state index contributed by atoms with van der Waals surface area (Å²) in [4.78, 5) is 40.7. The van der Waals surface area contributed by atoms with Crippen LogP contribution in [0.4, 0.5) is 0 Å². The number of hydrogen-bond donors (Lipinski definition) is 1. The zero-order valence-corrected chi connectivity index (χ0v) is 17.1. The number of hydrogen-bond acceptors (Lipinski definition) is 7. The van der Waals surface area contributed by atoms with Gasteiger partial charge in [0.05, 0.1) is 24.2 Å². The minimum Gasteiger partial charge on any atom is -0.466 e. The number of aromatic nitrogens is 1. The Morgan fingerprint density at radius 1 is 1.11 bits per heavy atom. The van der Waals surface area contributed by atoms with Crippen molar-refractivity contribution in [2.45, 2.75) is 30.0 Å². The Morgan fingerprint density at radius 2 is 1.74 bits per heavy atom. The highest BCUT2D eigenvalue weighted by atomic mass is 35.5. The minimum absolute atomic E-state index is 0.194. The second kappa shape index (κ2) is 8.50. The molecule has 1 aliphatic rings. The van der Waals surface area contributed by atoms with E-state index in [4.69, 9.17) is 21.1 Å². The van der Waals surface area contributed by atoms with Gasteiger partial charge in [0, 0.05) is 15.8 Å². The summed E-state index contributed by atoms with van der Waals surface area (Å²) in [6.07, 6.45) is 0. The predicted octanol–water partition coefficient (Wildman–Crippen LogP) is 3.44. The zero-order valence-electron chi connectivity index (χ0n) is 14.7. The molecule has 3 rings (SSSR count). The number of esters is 2. The van der Waals surface area contributed by atoms with Crippen LogP contribution in [0, 0.1) is 5.92 Å². The Hall–Kier alpha value is -1.77. The molecule has 3 atom stereocenters. The van der Waals surface area contributed by atoms with Crippen molar-refractivity contribution in [3.63, 3.8) is 0 Å². The molecule has 0 amide bonds. The lowest BCUT2D eigenvalue weighted by atomic mass is 9.82. The molecule has 0 saturated heterocycles. The maximum Gasteiger partial charge on any atom is 0.320 e. The number of rotatable bonds is 5. The van der Waals surface area contributed by atoms with Gasteiger partial charge in [-0.2, -0.15) is 0 Å². The molecular formula is C18H18ClNO5S2. The molecule has 1 aromatic heterocycles. The number of ether oxygens (including phenoxy) is 2. The van der Waals surface area contributed by atoms with E-state index in [1.54, 1.807) is 38.1 Å². The molecule has 0 radical (unpaired) electrons. The predicted molar refractivity (Wildman–Crippen MR) is 105 cm³/mol. The van der Waals surface area contributed by atoms with Crippen molar-refractivity contribution in [2.75, 3.05) is 13.2 Å². The van der Waals surface area contributed by atoms with Gasteiger partial charge in [-0.25, -0.2) is 0 Å². The zero-order chi connectivity index (χ0) is 19.6. The highest BCUT2D eigenvalue weighted by molar-refractivity contribution is 8.00. The Bertz CT molecular complexity index is 892. The average Bonchev–Trinajstić information content (AvgIpc) is 3.01. The lowest BCUT2D eigenvalue weighted by molar-refractivity contribution is -0.154. The summed E-state index contributed by atoms with van der Waals surface area (Å²) in [6, 6.07) is 7.03. The molecule has 1 aliphatic heterocycles. The monoisotopic (exact) mass is 427 g/mol. The molecular weight excluding hydrogens is 410 g/mol. The third-order valence-electron chi connectivity index (χ3n) is 4.16. The van der Waals surface area contributed by atoms with Gasteiger partial charge in [0.2, 0.25) is 0 Å². The fraction of sp³-hybridized carbons (Fsp3) is 0.389. The van der Waals surface area contributed by atoms with Crippen LogP contribution in [-0.2, 0) is 19.1 Å². The number of thioether (sulfide) groups is 1. The van der Waals surface area contributed by atoms with E-state index in [0.717, 1.165) is 28.7 Å². The molecule has 9 heteroatoms. The molecule has 0 aliphatic carbocycles. The van der Waals surface area contributed by atoms with Gasteiger partial charge in [-0.05, 0) is 31.5 Å². The average molecular weight is 428 g/mol. The summed E-state index contributed by atoms with van der Waals surface area (Å²) >= 11 is 8.18. The van der Waals surface area contributed by atoms with Crippen LogP contribution < -0.4 is 4.87 Å². The molecule has 0 unspecified atom stereocenters. The van der Waals surface area contributed by atoms with Crippen LogP contribution in [0.2, 0.25) is 5.02 Å². The smallest absolute Gasteiger partial charge is 0.320 e. The topological polar surface area (TPSA) is 85.5 Å². The second-order valence-corrected chi connectivity index (χ2v) is 8.41. The van der Waals surface area contributed by atoms with Gasteiger partial charge < -0.3 is 14.5 Å². The molecule has 0 fully saturated rings. The standard InChI is InChI=1S/C18H18ClNO5S2/c1-3-24-16(21)12-11(9-5-7-10(19)8-6-9)13-15(20-18(23)27-13)26-14(12)17(22)25-4-2/h5-8,11-12,14H,3-4H2,1-2H3,(H,20,23)/t11-,12+,14+/m1/s1. The molecule has 0 spiro atoms. The summed E-state index contributed by atoms with van der Waals surface area (Å²) in [5.74, 6) is -2.31. The van der Waals surface area contributed by atoms with E-state index < -0.39 is 29.0 Å². The highest BCUT2D eigenvalue weighted by Crippen LogP contribution is 2.49. The van der Waals surface area contributed by atoms with Crippen molar-refractivity contribution < 1.29 is 19.1 Å². The fourth-order valence-corrected chi connectivity index (χ4v) is 5.70. The Labute approximate surface area is 169 Å². The first kappa shape index (κ1) is 20.0. The van der Waals surface area contributed by atoms with E-state index in [1.807, 2.05) is 0 Å². The minimum atomic E-state index is -0.817. The molecule has 0 saturated carbocycles. The molecule has 27 heavy (non-hydrogen) atoms. The van der Waals surface area contributed by atoms with Gasteiger partial charge in [0.25, 0.3) is 0 Å². The summed E-state index contributed by atoms with van der Waals surface area (Å²) in [5, 5.41) is 0.326. The van der Waals surface area contributed by atoms with Crippen molar-refractivity contribution in [3.8, 4) is 0 Å². The SMILES string of the molecule is CCOC(=O)[C@H]1[C@@H](c2ccc(Cl)cc2)c2sc(=O)[nH]c2S[C@@H]1C(=O)OCC. The van der Waals surface area contributed by atoms with E-state index in [1.165, 1.54) is 0 Å². The number of carbonyl (C=O) groups is 2. The number of H-pyrrole nitrogens is 1. The Kier molecular flexibility index (Phi) is 6.29. The lowest BCUT2D eigenvalue weighted by Crippen LogP contribution is -2.41. The summed E-state index contributed by atoms with van der Waals surface area (Å²) in [7, 11) is 0. The number of nitrogens with one attached hydrogen (secondary N) is 1. The quantitative estimate of drug-likeness (QED) is 0.735. The number of aromatic amines is 1. The van der Waals surface area contributed by atoms with Crippen molar-refractivity contribution >= 4 is 46.6 Å². The first-order chi connectivity index (χ1) is 13.0. The van der Waals surface area contributed by atoms with Crippen molar-refractivity contribution in [1.29, 1.82) is 0 Å². The first-order valence-corrected chi connectivity index (χ1v) is 10.5. The fourth-order valence-electron chi connectivity index (χ4n) is 3.10. The number of fused-ring (bicyclic) bond motifs is 1. The molecule has 6 nitrogen and oxygen atoms in total. The van der Waals surface area contributed by atoms with Crippen LogP contribution in [0.3, 0.4) is 0 Å².